The van der Waals surface area contributed by atoms with Crippen LogP contribution in [0, 0.1) is 0 Å². The molecule has 82 valence electrons. The Kier molecular flexibility index (Phi) is 3.06. The summed E-state index contributed by atoms with van der Waals surface area (Å²) in [5, 5.41) is 6.23. The summed E-state index contributed by atoms with van der Waals surface area (Å²) >= 11 is 0. The van der Waals surface area contributed by atoms with E-state index in [1.165, 1.54) is 0 Å². The third-order valence-electron chi connectivity index (χ3n) is 2.62. The molecule has 0 spiro atoms. The highest BCUT2D eigenvalue weighted by atomic mass is 16.3. The van der Waals surface area contributed by atoms with E-state index in [1.54, 1.807) is 6.26 Å². The standard InChI is InChI=1S/C11H16N2O2/c1-8-5-9(6-11(14)13-8)12-7-10-3-2-4-15-10/h2-4,8-9,12H,5-7H2,1H3,(H,13,14). The molecule has 2 rings (SSSR count). The number of furan rings is 1. The average molecular weight is 208 g/mol. The average Bonchev–Trinajstić information content (AvgIpc) is 2.65. The van der Waals surface area contributed by atoms with Gasteiger partial charge in [-0.25, -0.2) is 0 Å². The van der Waals surface area contributed by atoms with Gasteiger partial charge in [0.25, 0.3) is 0 Å². The van der Waals surface area contributed by atoms with Crippen molar-refractivity contribution in [3.8, 4) is 0 Å². The molecule has 4 nitrogen and oxygen atoms in total. The summed E-state index contributed by atoms with van der Waals surface area (Å²) in [6.45, 7) is 2.72. The number of hydrogen-bond acceptors (Lipinski definition) is 3. The quantitative estimate of drug-likeness (QED) is 0.780. The number of carbonyl (C=O) groups excluding carboxylic acids is 1. The molecule has 1 fully saturated rings. The van der Waals surface area contributed by atoms with Gasteiger partial charge in [0.1, 0.15) is 5.76 Å². The summed E-state index contributed by atoms with van der Waals surface area (Å²) in [6, 6.07) is 4.33. The topological polar surface area (TPSA) is 54.3 Å². The number of piperidine rings is 1. The van der Waals surface area contributed by atoms with Crippen molar-refractivity contribution in [3.05, 3.63) is 24.2 Å². The molecule has 1 amide bonds. The van der Waals surface area contributed by atoms with Gasteiger partial charge in [0.15, 0.2) is 0 Å². The molecule has 1 aromatic heterocycles. The first-order valence-corrected chi connectivity index (χ1v) is 5.29. The van der Waals surface area contributed by atoms with Crippen molar-refractivity contribution in [2.45, 2.75) is 38.4 Å². The summed E-state index contributed by atoms with van der Waals surface area (Å²) in [7, 11) is 0. The minimum absolute atomic E-state index is 0.130. The number of hydrogen-bond donors (Lipinski definition) is 2. The van der Waals surface area contributed by atoms with Gasteiger partial charge in [0.05, 0.1) is 12.8 Å². The van der Waals surface area contributed by atoms with Crippen LogP contribution in [0.2, 0.25) is 0 Å². The first-order chi connectivity index (χ1) is 7.24. The van der Waals surface area contributed by atoms with Gasteiger partial charge >= 0.3 is 0 Å². The molecule has 0 radical (unpaired) electrons. The van der Waals surface area contributed by atoms with Crippen LogP contribution in [0.5, 0.6) is 0 Å². The first kappa shape index (κ1) is 10.2. The Hall–Kier alpha value is -1.29. The van der Waals surface area contributed by atoms with Crippen molar-refractivity contribution in [1.82, 2.24) is 10.6 Å². The monoisotopic (exact) mass is 208 g/mol. The van der Waals surface area contributed by atoms with E-state index >= 15 is 0 Å². The van der Waals surface area contributed by atoms with Gasteiger partial charge in [0, 0.05) is 18.5 Å². The van der Waals surface area contributed by atoms with E-state index in [-0.39, 0.29) is 18.0 Å². The molecular formula is C11H16N2O2. The molecule has 0 aromatic carbocycles. The van der Waals surface area contributed by atoms with Gasteiger partial charge in [-0.1, -0.05) is 0 Å². The van der Waals surface area contributed by atoms with Crippen molar-refractivity contribution in [2.75, 3.05) is 0 Å². The van der Waals surface area contributed by atoms with Crippen molar-refractivity contribution >= 4 is 5.91 Å². The Morgan fingerprint density at radius 2 is 2.53 bits per heavy atom. The molecule has 2 heterocycles. The number of rotatable bonds is 3. The van der Waals surface area contributed by atoms with Crippen molar-refractivity contribution in [2.24, 2.45) is 0 Å². The Balaban J connectivity index is 1.81. The van der Waals surface area contributed by atoms with Crippen LogP contribution < -0.4 is 10.6 Å². The molecule has 15 heavy (non-hydrogen) atoms. The molecule has 0 aliphatic carbocycles. The molecule has 2 N–H and O–H groups in total. The second-order valence-corrected chi connectivity index (χ2v) is 4.07. The number of nitrogens with one attached hydrogen (secondary N) is 2. The van der Waals surface area contributed by atoms with Crippen LogP contribution in [0.25, 0.3) is 0 Å². The van der Waals surface area contributed by atoms with E-state index in [1.807, 2.05) is 19.1 Å². The van der Waals surface area contributed by atoms with Crippen LogP contribution >= 0.6 is 0 Å². The van der Waals surface area contributed by atoms with Crippen LogP contribution in [-0.4, -0.2) is 18.0 Å². The van der Waals surface area contributed by atoms with Crippen LogP contribution in [0.1, 0.15) is 25.5 Å². The van der Waals surface area contributed by atoms with Crippen LogP contribution in [0.3, 0.4) is 0 Å². The third-order valence-corrected chi connectivity index (χ3v) is 2.62. The van der Waals surface area contributed by atoms with Crippen molar-refractivity contribution < 1.29 is 9.21 Å². The van der Waals surface area contributed by atoms with E-state index < -0.39 is 0 Å². The largest absolute Gasteiger partial charge is 0.468 e. The maximum atomic E-state index is 11.3. The zero-order chi connectivity index (χ0) is 10.7. The second-order valence-electron chi connectivity index (χ2n) is 4.07. The maximum absolute atomic E-state index is 11.3. The molecule has 4 heteroatoms. The lowest BCUT2D eigenvalue weighted by Crippen LogP contribution is -2.47. The summed E-state index contributed by atoms with van der Waals surface area (Å²) in [5.41, 5.74) is 0. The number of amides is 1. The lowest BCUT2D eigenvalue weighted by atomic mass is 10.00. The minimum Gasteiger partial charge on any atom is -0.468 e. The predicted octanol–water partition coefficient (Wildman–Crippen LogP) is 1.04. The fourth-order valence-corrected chi connectivity index (χ4v) is 1.94. The zero-order valence-electron chi connectivity index (χ0n) is 8.82. The first-order valence-electron chi connectivity index (χ1n) is 5.29. The number of carbonyl (C=O) groups is 1. The lowest BCUT2D eigenvalue weighted by molar-refractivity contribution is -0.123. The van der Waals surface area contributed by atoms with Gasteiger partial charge in [-0.3, -0.25) is 4.79 Å². The molecule has 1 aliphatic rings. The van der Waals surface area contributed by atoms with E-state index in [2.05, 4.69) is 10.6 Å². The molecule has 0 saturated carbocycles. The van der Waals surface area contributed by atoms with E-state index in [9.17, 15) is 4.79 Å². The zero-order valence-corrected chi connectivity index (χ0v) is 8.82. The highest BCUT2D eigenvalue weighted by Crippen LogP contribution is 2.10. The SMILES string of the molecule is CC1CC(NCc2ccco2)CC(=O)N1. The Bertz CT molecular complexity index is 321. The van der Waals surface area contributed by atoms with Crippen LogP contribution in [0.4, 0.5) is 0 Å². The van der Waals surface area contributed by atoms with Crippen LogP contribution in [-0.2, 0) is 11.3 Å². The van der Waals surface area contributed by atoms with Gasteiger partial charge < -0.3 is 15.1 Å². The summed E-state index contributed by atoms with van der Waals surface area (Å²) in [6.07, 6.45) is 3.20. The van der Waals surface area contributed by atoms with Gasteiger partial charge in [-0.15, -0.1) is 0 Å². The molecular weight excluding hydrogens is 192 g/mol. The predicted molar refractivity (Wildman–Crippen MR) is 56.2 cm³/mol. The summed E-state index contributed by atoms with van der Waals surface area (Å²) in [4.78, 5) is 11.3. The Morgan fingerprint density at radius 1 is 1.67 bits per heavy atom. The van der Waals surface area contributed by atoms with Crippen molar-refractivity contribution in [1.29, 1.82) is 0 Å². The molecule has 2 unspecified atom stereocenters. The summed E-state index contributed by atoms with van der Waals surface area (Å²) in [5.74, 6) is 1.04. The second kappa shape index (κ2) is 4.49. The highest BCUT2D eigenvalue weighted by Gasteiger charge is 2.23. The minimum atomic E-state index is 0.130. The fourth-order valence-electron chi connectivity index (χ4n) is 1.94. The van der Waals surface area contributed by atoms with E-state index in [0.29, 0.717) is 13.0 Å². The molecule has 1 saturated heterocycles. The van der Waals surface area contributed by atoms with Crippen LogP contribution in [0.15, 0.2) is 22.8 Å². The Morgan fingerprint density at radius 3 is 3.20 bits per heavy atom. The highest BCUT2D eigenvalue weighted by molar-refractivity contribution is 5.77. The lowest BCUT2D eigenvalue weighted by Gasteiger charge is -2.27. The smallest absolute Gasteiger partial charge is 0.221 e. The molecule has 2 atom stereocenters. The maximum Gasteiger partial charge on any atom is 0.221 e. The normalized spacial score (nSPS) is 26.3. The Labute approximate surface area is 89.0 Å². The molecule has 1 aliphatic heterocycles. The van der Waals surface area contributed by atoms with Crippen molar-refractivity contribution in [3.63, 3.8) is 0 Å². The van der Waals surface area contributed by atoms with E-state index in [4.69, 9.17) is 4.42 Å². The van der Waals surface area contributed by atoms with Gasteiger partial charge in [0.2, 0.25) is 5.91 Å². The van der Waals surface area contributed by atoms with Gasteiger partial charge in [-0.05, 0) is 25.5 Å². The molecule has 1 aromatic rings. The molecule has 0 bridgehead atoms. The third kappa shape index (κ3) is 2.83. The van der Waals surface area contributed by atoms with E-state index in [0.717, 1.165) is 12.2 Å². The van der Waals surface area contributed by atoms with Gasteiger partial charge in [-0.2, -0.15) is 0 Å². The fraction of sp³-hybridized carbons (Fsp3) is 0.545. The summed E-state index contributed by atoms with van der Waals surface area (Å²) < 4.78 is 5.22.